The van der Waals surface area contributed by atoms with Gasteiger partial charge in [0, 0.05) is 62.9 Å². The van der Waals surface area contributed by atoms with E-state index in [1.807, 2.05) is 36.4 Å². The lowest BCUT2D eigenvalue weighted by Gasteiger charge is -2.33. The second kappa shape index (κ2) is 17.7. The smallest absolute Gasteiger partial charge is 0.226 e. The molecule has 1 amide bonds. The van der Waals surface area contributed by atoms with Crippen molar-refractivity contribution < 1.29 is 32.9 Å². The fraction of sp³-hybridized carbons (Fsp3) is 0.457. The molecule has 1 aliphatic heterocycles. The van der Waals surface area contributed by atoms with Gasteiger partial charge in [0.2, 0.25) is 5.91 Å². The number of carbonyl (C=O) groups excluding carboxylic acids is 1. The van der Waals surface area contributed by atoms with Gasteiger partial charge < -0.3 is 33.9 Å². The van der Waals surface area contributed by atoms with Crippen LogP contribution in [-0.4, -0.2) is 66.2 Å². The zero-order valence-electron chi connectivity index (χ0n) is 26.1. The summed E-state index contributed by atoms with van der Waals surface area (Å²) in [5.74, 6) is 1.42. The zero-order valence-corrected chi connectivity index (χ0v) is 26.1. The van der Waals surface area contributed by atoms with Crippen molar-refractivity contribution in [2.45, 2.75) is 50.9 Å². The summed E-state index contributed by atoms with van der Waals surface area (Å²) in [6.45, 7) is 3.95. The molecule has 4 rings (SSSR count). The molecule has 2 atom stereocenters. The molecule has 238 valence electrons. The Kier molecular flexibility index (Phi) is 13.4. The molecule has 0 saturated carbocycles. The van der Waals surface area contributed by atoms with E-state index in [-0.39, 0.29) is 30.4 Å². The largest absolute Gasteiger partial charge is 0.496 e. The minimum absolute atomic E-state index is 0.0465. The third-order valence-electron chi connectivity index (χ3n) is 7.86. The Morgan fingerprint density at radius 1 is 0.955 bits per heavy atom. The highest BCUT2D eigenvalue weighted by molar-refractivity contribution is 5.93. The van der Waals surface area contributed by atoms with Gasteiger partial charge in [0.05, 0.1) is 39.6 Å². The van der Waals surface area contributed by atoms with Crippen molar-refractivity contribution in [3.05, 3.63) is 89.2 Å². The molecule has 44 heavy (non-hydrogen) atoms. The van der Waals surface area contributed by atoms with Crippen molar-refractivity contribution in [2.75, 3.05) is 59.1 Å². The summed E-state index contributed by atoms with van der Waals surface area (Å²) in [4.78, 5) is 14.3. The van der Waals surface area contributed by atoms with Crippen molar-refractivity contribution in [3.63, 3.8) is 0 Å². The average Bonchev–Trinajstić information content (AvgIpc) is 3.05. The average molecular weight is 609 g/mol. The van der Waals surface area contributed by atoms with Crippen molar-refractivity contribution in [3.8, 4) is 11.5 Å². The number of methoxy groups -OCH3 is 2. The van der Waals surface area contributed by atoms with Crippen molar-refractivity contribution >= 4 is 11.6 Å². The molecule has 0 aliphatic carbocycles. The number of piperidine rings is 1. The maximum absolute atomic E-state index is 14.2. The first-order chi connectivity index (χ1) is 21.5. The van der Waals surface area contributed by atoms with Gasteiger partial charge in [-0.1, -0.05) is 30.3 Å². The van der Waals surface area contributed by atoms with Crippen LogP contribution in [0, 0.1) is 5.82 Å². The number of ether oxygens (including phenoxy) is 5. The Hall–Kier alpha value is -3.50. The Balaban J connectivity index is 1.27. The first-order valence-corrected chi connectivity index (χ1v) is 15.3. The van der Waals surface area contributed by atoms with Gasteiger partial charge in [-0.3, -0.25) is 4.79 Å². The van der Waals surface area contributed by atoms with E-state index < -0.39 is 0 Å². The minimum Gasteiger partial charge on any atom is -0.496 e. The van der Waals surface area contributed by atoms with Crippen molar-refractivity contribution in [1.82, 2.24) is 5.32 Å². The highest BCUT2D eigenvalue weighted by atomic mass is 19.1. The number of hydrogen-bond donors (Lipinski definition) is 1. The van der Waals surface area contributed by atoms with E-state index in [9.17, 15) is 9.18 Å². The lowest BCUT2D eigenvalue weighted by Crippen LogP contribution is -2.41. The number of carbonyl (C=O) groups is 1. The molecule has 0 aromatic heterocycles. The summed E-state index contributed by atoms with van der Waals surface area (Å²) in [7, 11) is 4.99. The summed E-state index contributed by atoms with van der Waals surface area (Å²) in [6.07, 6.45) is 2.58. The van der Waals surface area contributed by atoms with Gasteiger partial charge in [-0.25, -0.2) is 4.39 Å². The summed E-state index contributed by atoms with van der Waals surface area (Å²) in [5, 5.41) is 3.42. The molecule has 1 heterocycles. The predicted octanol–water partition coefficient (Wildman–Crippen LogP) is 5.87. The number of halogens is 1. The van der Waals surface area contributed by atoms with Crippen LogP contribution in [0.1, 0.15) is 48.3 Å². The van der Waals surface area contributed by atoms with E-state index in [1.54, 1.807) is 32.2 Å². The first kappa shape index (κ1) is 33.4. The fourth-order valence-corrected chi connectivity index (χ4v) is 5.42. The van der Waals surface area contributed by atoms with Crippen LogP contribution in [0.15, 0.2) is 66.7 Å². The lowest BCUT2D eigenvalue weighted by molar-refractivity contribution is -0.118. The van der Waals surface area contributed by atoms with Gasteiger partial charge in [-0.05, 0) is 61.3 Å². The van der Waals surface area contributed by atoms with E-state index in [1.165, 1.54) is 17.7 Å². The van der Waals surface area contributed by atoms with Crippen LogP contribution in [0.2, 0.25) is 0 Å². The number of anilines is 1. The van der Waals surface area contributed by atoms with Crippen LogP contribution in [0.4, 0.5) is 10.1 Å². The molecule has 8 nitrogen and oxygen atoms in total. The number of rotatable bonds is 17. The summed E-state index contributed by atoms with van der Waals surface area (Å²) in [5.41, 5.74) is 3.50. The van der Waals surface area contributed by atoms with E-state index >= 15 is 0 Å². The lowest BCUT2D eigenvalue weighted by atomic mass is 9.87. The SMILES string of the molecule is COCCCC(=O)N(C)c1ccc(F)cc1COC1CNCCC1c1ccc(OCCCOCc2ccccc2OC)cc1. The second-order valence-electron chi connectivity index (χ2n) is 10.9. The Bertz CT molecular complexity index is 1300. The first-order valence-electron chi connectivity index (χ1n) is 15.3. The molecule has 1 aliphatic rings. The van der Waals surface area contributed by atoms with Gasteiger partial charge in [0.25, 0.3) is 0 Å². The van der Waals surface area contributed by atoms with Crippen LogP contribution in [-0.2, 0) is 32.2 Å². The van der Waals surface area contributed by atoms with Crippen molar-refractivity contribution in [2.24, 2.45) is 0 Å². The maximum Gasteiger partial charge on any atom is 0.226 e. The Morgan fingerprint density at radius 2 is 1.77 bits per heavy atom. The molecular formula is C35H45FN2O6. The van der Waals surface area contributed by atoms with E-state index in [0.29, 0.717) is 57.1 Å². The van der Waals surface area contributed by atoms with Gasteiger partial charge in [-0.2, -0.15) is 0 Å². The second-order valence-corrected chi connectivity index (χ2v) is 10.9. The summed E-state index contributed by atoms with van der Waals surface area (Å²) < 4.78 is 42.8. The highest BCUT2D eigenvalue weighted by Crippen LogP contribution is 2.31. The predicted molar refractivity (Wildman–Crippen MR) is 169 cm³/mol. The molecule has 3 aromatic carbocycles. The van der Waals surface area contributed by atoms with Crippen LogP contribution in [0.25, 0.3) is 0 Å². The number of nitrogens with one attached hydrogen (secondary N) is 1. The Labute approximate surface area is 260 Å². The zero-order chi connectivity index (χ0) is 31.1. The number of hydrogen-bond acceptors (Lipinski definition) is 7. The monoisotopic (exact) mass is 608 g/mol. The quantitative estimate of drug-likeness (QED) is 0.192. The number of nitrogens with zero attached hydrogens (tertiary/aromatic N) is 1. The third-order valence-corrected chi connectivity index (χ3v) is 7.86. The molecule has 1 N–H and O–H groups in total. The standard InChI is InChI=1S/C35H45FN2O6/c1-38(35(39)10-6-19-40-2)32-16-13-29(36)22-28(32)25-44-34-23-37-18-17-31(34)26-11-14-30(15-12-26)43-21-7-20-42-24-27-8-4-5-9-33(27)41-3/h4-5,8-9,11-16,22,31,34,37H,6-7,10,17-21,23-25H2,1-3H3. The molecule has 1 fully saturated rings. The van der Waals surface area contributed by atoms with E-state index in [2.05, 4.69) is 17.4 Å². The van der Waals surface area contributed by atoms with Gasteiger partial charge in [-0.15, -0.1) is 0 Å². The highest BCUT2D eigenvalue weighted by Gasteiger charge is 2.28. The van der Waals surface area contributed by atoms with Crippen LogP contribution in [0.3, 0.4) is 0 Å². The van der Waals surface area contributed by atoms with Gasteiger partial charge in [0.1, 0.15) is 17.3 Å². The van der Waals surface area contributed by atoms with Crippen LogP contribution < -0.4 is 19.7 Å². The Morgan fingerprint density at radius 3 is 2.57 bits per heavy atom. The third kappa shape index (κ3) is 9.75. The van der Waals surface area contributed by atoms with Gasteiger partial charge in [0.15, 0.2) is 0 Å². The molecule has 0 radical (unpaired) electrons. The van der Waals surface area contributed by atoms with Crippen LogP contribution >= 0.6 is 0 Å². The summed E-state index contributed by atoms with van der Waals surface area (Å²) >= 11 is 0. The normalized spacial score (nSPS) is 16.5. The molecule has 9 heteroatoms. The molecule has 0 spiro atoms. The number of amides is 1. The van der Waals surface area contributed by atoms with Crippen molar-refractivity contribution in [1.29, 1.82) is 0 Å². The molecule has 2 unspecified atom stereocenters. The van der Waals surface area contributed by atoms with Crippen LogP contribution in [0.5, 0.6) is 11.5 Å². The molecule has 0 bridgehead atoms. The van der Waals surface area contributed by atoms with E-state index in [0.717, 1.165) is 36.4 Å². The minimum atomic E-state index is -0.357. The molecule has 1 saturated heterocycles. The van der Waals surface area contributed by atoms with Gasteiger partial charge >= 0.3 is 0 Å². The number of benzene rings is 3. The maximum atomic E-state index is 14.2. The topological polar surface area (TPSA) is 78.5 Å². The fourth-order valence-electron chi connectivity index (χ4n) is 5.42. The molecular weight excluding hydrogens is 563 g/mol. The van der Waals surface area contributed by atoms with E-state index in [4.69, 9.17) is 23.7 Å². The number of para-hydroxylation sites is 1. The summed E-state index contributed by atoms with van der Waals surface area (Å²) in [6, 6.07) is 20.5. The molecule has 3 aromatic rings.